The van der Waals surface area contributed by atoms with E-state index in [0.717, 1.165) is 26.7 Å². The normalized spacial score (nSPS) is 11.2. The molecular formula is C21H17FN2OS. The van der Waals surface area contributed by atoms with Gasteiger partial charge in [0, 0.05) is 23.0 Å². The van der Waals surface area contributed by atoms with Gasteiger partial charge in [0.05, 0.1) is 10.4 Å². The highest BCUT2D eigenvalue weighted by atomic mass is 32.1. The number of aryl methyl sites for hydroxylation is 1. The van der Waals surface area contributed by atoms with E-state index in [0.29, 0.717) is 17.1 Å². The number of aromatic nitrogens is 1. The third-order valence-corrected chi connectivity index (χ3v) is 5.40. The number of benzene rings is 2. The summed E-state index contributed by atoms with van der Waals surface area (Å²) in [7, 11) is 0. The number of thiophene rings is 1. The minimum Gasteiger partial charge on any atom is -0.308 e. The van der Waals surface area contributed by atoms with E-state index in [1.54, 1.807) is 17.0 Å². The van der Waals surface area contributed by atoms with Gasteiger partial charge < -0.3 is 4.90 Å². The van der Waals surface area contributed by atoms with E-state index in [1.807, 2.05) is 32.0 Å². The molecule has 0 unspecified atom stereocenters. The van der Waals surface area contributed by atoms with Crippen LogP contribution < -0.4 is 4.90 Å². The van der Waals surface area contributed by atoms with Crippen LogP contribution in [0.5, 0.6) is 0 Å². The Kier molecular flexibility index (Phi) is 4.17. The number of hydrogen-bond acceptors (Lipinski definition) is 3. The standard InChI is InChI=1S/C21H17FN2OS/c1-3-24(17-8-6-16(22)7-9-17)21(25)19-12-15-11-14-5-4-13(2)10-18(14)23-20(15)26-19/h4-12H,3H2,1-2H3. The van der Waals surface area contributed by atoms with Crippen LogP contribution in [0.25, 0.3) is 21.1 Å². The van der Waals surface area contributed by atoms with Crippen LogP contribution in [0.4, 0.5) is 10.1 Å². The van der Waals surface area contributed by atoms with Gasteiger partial charge in [0.15, 0.2) is 0 Å². The zero-order valence-electron chi connectivity index (χ0n) is 14.5. The van der Waals surface area contributed by atoms with Gasteiger partial charge in [-0.2, -0.15) is 0 Å². The van der Waals surface area contributed by atoms with Crippen molar-refractivity contribution < 1.29 is 9.18 Å². The Labute approximate surface area is 154 Å². The minimum absolute atomic E-state index is 0.0951. The molecule has 2 aromatic carbocycles. The first-order valence-electron chi connectivity index (χ1n) is 8.43. The molecule has 0 saturated heterocycles. The van der Waals surface area contributed by atoms with Crippen molar-refractivity contribution in [2.75, 3.05) is 11.4 Å². The summed E-state index contributed by atoms with van der Waals surface area (Å²) in [6, 6.07) is 16.1. The Bertz CT molecular complexity index is 1120. The Balaban J connectivity index is 1.75. The van der Waals surface area contributed by atoms with Crippen LogP contribution in [0.1, 0.15) is 22.2 Å². The number of anilines is 1. The molecule has 0 saturated carbocycles. The van der Waals surface area contributed by atoms with E-state index in [-0.39, 0.29) is 11.7 Å². The van der Waals surface area contributed by atoms with Crippen LogP contribution in [-0.2, 0) is 0 Å². The minimum atomic E-state index is -0.315. The maximum atomic E-state index is 13.2. The molecule has 5 heteroatoms. The highest BCUT2D eigenvalue weighted by Gasteiger charge is 2.19. The SMILES string of the molecule is CCN(C(=O)c1cc2cc3ccc(C)cc3nc2s1)c1ccc(F)cc1. The number of nitrogens with zero attached hydrogens (tertiary/aromatic N) is 2. The smallest absolute Gasteiger partial charge is 0.268 e. The summed E-state index contributed by atoms with van der Waals surface area (Å²) in [6.45, 7) is 4.45. The van der Waals surface area contributed by atoms with Crippen LogP contribution in [0.15, 0.2) is 54.6 Å². The number of fused-ring (bicyclic) bond motifs is 2. The molecule has 0 fully saturated rings. The highest BCUT2D eigenvalue weighted by molar-refractivity contribution is 7.20. The number of carbonyl (C=O) groups is 1. The van der Waals surface area contributed by atoms with Gasteiger partial charge in [0.25, 0.3) is 5.91 Å². The lowest BCUT2D eigenvalue weighted by atomic mass is 10.1. The van der Waals surface area contributed by atoms with E-state index in [9.17, 15) is 9.18 Å². The first-order valence-corrected chi connectivity index (χ1v) is 9.25. The first-order chi connectivity index (χ1) is 12.5. The van der Waals surface area contributed by atoms with Crippen LogP contribution in [0.3, 0.4) is 0 Å². The van der Waals surface area contributed by atoms with Gasteiger partial charge in [-0.15, -0.1) is 11.3 Å². The van der Waals surface area contributed by atoms with Crippen LogP contribution in [-0.4, -0.2) is 17.4 Å². The van der Waals surface area contributed by atoms with Crippen molar-refractivity contribution in [2.24, 2.45) is 0 Å². The second kappa shape index (κ2) is 6.50. The van der Waals surface area contributed by atoms with E-state index in [4.69, 9.17) is 4.98 Å². The van der Waals surface area contributed by atoms with E-state index < -0.39 is 0 Å². The second-order valence-electron chi connectivity index (χ2n) is 6.22. The fourth-order valence-electron chi connectivity index (χ4n) is 3.04. The van der Waals surface area contributed by atoms with E-state index in [2.05, 4.69) is 12.1 Å². The Morgan fingerprint density at radius 3 is 2.58 bits per heavy atom. The average Bonchev–Trinajstić information content (AvgIpc) is 3.04. The number of amides is 1. The monoisotopic (exact) mass is 364 g/mol. The molecule has 0 N–H and O–H groups in total. The van der Waals surface area contributed by atoms with Crippen molar-refractivity contribution in [3.8, 4) is 0 Å². The molecule has 3 nitrogen and oxygen atoms in total. The Morgan fingerprint density at radius 2 is 1.85 bits per heavy atom. The predicted molar refractivity (Wildman–Crippen MR) is 106 cm³/mol. The molecule has 130 valence electrons. The van der Waals surface area contributed by atoms with Crippen molar-refractivity contribution in [1.29, 1.82) is 0 Å². The summed E-state index contributed by atoms with van der Waals surface area (Å²) in [4.78, 5) is 20.8. The molecule has 0 aliphatic heterocycles. The largest absolute Gasteiger partial charge is 0.308 e. The number of rotatable bonds is 3. The van der Waals surface area contributed by atoms with Gasteiger partial charge in [0.2, 0.25) is 0 Å². The molecule has 2 aromatic heterocycles. The predicted octanol–water partition coefficient (Wildman–Crippen LogP) is 5.56. The molecule has 0 radical (unpaired) electrons. The summed E-state index contributed by atoms with van der Waals surface area (Å²) >= 11 is 1.39. The van der Waals surface area contributed by atoms with E-state index in [1.165, 1.54) is 23.5 Å². The molecule has 0 spiro atoms. The van der Waals surface area contributed by atoms with Crippen molar-refractivity contribution >= 4 is 44.1 Å². The number of hydrogen-bond donors (Lipinski definition) is 0. The molecule has 4 aromatic rings. The van der Waals surface area contributed by atoms with Crippen LogP contribution in [0.2, 0.25) is 0 Å². The van der Waals surface area contributed by atoms with Gasteiger partial charge in [-0.3, -0.25) is 4.79 Å². The lowest BCUT2D eigenvalue weighted by Gasteiger charge is -2.20. The topological polar surface area (TPSA) is 33.2 Å². The van der Waals surface area contributed by atoms with Crippen LogP contribution >= 0.6 is 11.3 Å². The molecule has 0 aliphatic rings. The number of carbonyl (C=O) groups excluding carboxylic acids is 1. The van der Waals surface area contributed by atoms with Gasteiger partial charge in [-0.05, 0) is 61.9 Å². The lowest BCUT2D eigenvalue weighted by molar-refractivity contribution is 0.0992. The number of halogens is 1. The third kappa shape index (κ3) is 2.95. The van der Waals surface area contributed by atoms with Crippen molar-refractivity contribution in [1.82, 2.24) is 4.98 Å². The highest BCUT2D eigenvalue weighted by Crippen LogP contribution is 2.29. The van der Waals surface area contributed by atoms with Crippen molar-refractivity contribution in [2.45, 2.75) is 13.8 Å². The Hall–Kier alpha value is -2.79. The zero-order chi connectivity index (χ0) is 18.3. The molecule has 1 amide bonds. The summed E-state index contributed by atoms with van der Waals surface area (Å²) in [6.07, 6.45) is 0. The summed E-state index contributed by atoms with van der Waals surface area (Å²) in [5.41, 5.74) is 2.78. The molecule has 26 heavy (non-hydrogen) atoms. The van der Waals surface area contributed by atoms with Gasteiger partial charge in [-0.25, -0.2) is 9.37 Å². The fourth-order valence-corrected chi connectivity index (χ4v) is 4.01. The summed E-state index contributed by atoms with van der Waals surface area (Å²) < 4.78 is 13.2. The van der Waals surface area contributed by atoms with E-state index >= 15 is 0 Å². The molecule has 2 heterocycles. The second-order valence-corrected chi connectivity index (χ2v) is 7.25. The van der Waals surface area contributed by atoms with Crippen LogP contribution in [0, 0.1) is 12.7 Å². The summed E-state index contributed by atoms with van der Waals surface area (Å²) in [5.74, 6) is -0.410. The quantitative estimate of drug-likeness (QED) is 0.476. The maximum Gasteiger partial charge on any atom is 0.268 e. The maximum absolute atomic E-state index is 13.2. The van der Waals surface area contributed by atoms with Gasteiger partial charge in [-0.1, -0.05) is 12.1 Å². The Morgan fingerprint density at radius 1 is 1.08 bits per heavy atom. The molecular weight excluding hydrogens is 347 g/mol. The van der Waals surface area contributed by atoms with Gasteiger partial charge in [0.1, 0.15) is 10.6 Å². The molecule has 4 rings (SSSR count). The molecule has 0 aliphatic carbocycles. The zero-order valence-corrected chi connectivity index (χ0v) is 15.3. The third-order valence-electron chi connectivity index (χ3n) is 4.37. The molecule has 0 bridgehead atoms. The van der Waals surface area contributed by atoms with Crippen molar-refractivity contribution in [3.05, 3.63) is 70.9 Å². The lowest BCUT2D eigenvalue weighted by Crippen LogP contribution is -2.29. The fraction of sp³-hybridized carbons (Fsp3) is 0.143. The van der Waals surface area contributed by atoms with Crippen molar-refractivity contribution in [3.63, 3.8) is 0 Å². The molecule has 0 atom stereocenters. The average molecular weight is 364 g/mol. The summed E-state index contributed by atoms with van der Waals surface area (Å²) in [5, 5.41) is 2.02. The number of pyridine rings is 1. The first kappa shape index (κ1) is 16.7. The van der Waals surface area contributed by atoms with Gasteiger partial charge >= 0.3 is 0 Å².